The average Bonchev–Trinajstić information content (AvgIpc) is 3.40. The molecular formula is C21H26F2N4O2. The van der Waals surface area contributed by atoms with Crippen molar-refractivity contribution in [3.05, 3.63) is 52.6 Å². The highest BCUT2D eigenvalue weighted by molar-refractivity contribution is 5.25. The standard InChI is InChI=1S/C21H26F2N4O2/c1-12-25-19-8-26(9-20(19)27(12)14-4-5-28-10-14)15-7-18(24)21(29-11-15)16-6-13(22)2-3-17(16)23/h2-3,6,14-15,18,21H,4-5,7-11,24H2,1H3/t14-,15+,18-,21+/m0/s1. The predicted molar refractivity (Wildman–Crippen MR) is 102 cm³/mol. The molecule has 29 heavy (non-hydrogen) atoms. The van der Waals surface area contributed by atoms with Crippen molar-refractivity contribution in [2.45, 2.75) is 57.1 Å². The summed E-state index contributed by atoms with van der Waals surface area (Å²) in [4.78, 5) is 7.12. The lowest BCUT2D eigenvalue weighted by Gasteiger charge is -2.38. The Kier molecular flexibility index (Phi) is 4.90. The Bertz CT molecular complexity index is 912. The van der Waals surface area contributed by atoms with Gasteiger partial charge >= 0.3 is 0 Å². The minimum absolute atomic E-state index is 0.126. The fourth-order valence-electron chi connectivity index (χ4n) is 5.00. The zero-order valence-electron chi connectivity index (χ0n) is 16.5. The molecule has 8 heteroatoms. The van der Waals surface area contributed by atoms with Crippen molar-refractivity contribution in [2.24, 2.45) is 5.73 Å². The second kappa shape index (κ2) is 7.43. The maximum atomic E-state index is 14.2. The third-order valence-corrected chi connectivity index (χ3v) is 6.43. The SMILES string of the molecule is Cc1nc2c(n1[C@H]1CCOC1)CN([C@H]1CO[C@H](c3cc(F)ccc3F)[C@@H](N)C1)C2. The molecule has 0 spiro atoms. The van der Waals surface area contributed by atoms with E-state index in [-0.39, 0.29) is 11.6 Å². The highest BCUT2D eigenvalue weighted by Gasteiger charge is 2.38. The van der Waals surface area contributed by atoms with Gasteiger partial charge in [0.25, 0.3) is 0 Å². The predicted octanol–water partition coefficient (Wildman–Crippen LogP) is 2.60. The number of imidazole rings is 1. The van der Waals surface area contributed by atoms with Gasteiger partial charge in [0.15, 0.2) is 0 Å². The largest absolute Gasteiger partial charge is 0.379 e. The van der Waals surface area contributed by atoms with Crippen LogP contribution in [0, 0.1) is 18.6 Å². The van der Waals surface area contributed by atoms with Crippen molar-refractivity contribution in [3.63, 3.8) is 0 Å². The zero-order chi connectivity index (χ0) is 20.1. The van der Waals surface area contributed by atoms with Crippen molar-refractivity contribution < 1.29 is 18.3 Å². The molecule has 0 saturated carbocycles. The number of nitrogens with zero attached hydrogens (tertiary/aromatic N) is 3. The first kappa shape index (κ1) is 19.1. The fraction of sp³-hybridized carbons (Fsp3) is 0.571. The van der Waals surface area contributed by atoms with Crippen LogP contribution in [0.2, 0.25) is 0 Å². The summed E-state index contributed by atoms with van der Waals surface area (Å²) in [5, 5.41) is 0. The number of benzene rings is 1. The smallest absolute Gasteiger partial charge is 0.129 e. The number of hydrogen-bond acceptors (Lipinski definition) is 5. The van der Waals surface area contributed by atoms with Crippen LogP contribution in [0.15, 0.2) is 18.2 Å². The van der Waals surface area contributed by atoms with E-state index in [9.17, 15) is 8.78 Å². The number of fused-ring (bicyclic) bond motifs is 1. The summed E-state index contributed by atoms with van der Waals surface area (Å²) in [6.45, 7) is 5.58. The van der Waals surface area contributed by atoms with Crippen molar-refractivity contribution in [2.75, 3.05) is 19.8 Å². The van der Waals surface area contributed by atoms with Crippen LogP contribution >= 0.6 is 0 Å². The maximum Gasteiger partial charge on any atom is 0.129 e. The Morgan fingerprint density at radius 2 is 2.03 bits per heavy atom. The van der Waals surface area contributed by atoms with E-state index >= 15 is 0 Å². The summed E-state index contributed by atoms with van der Waals surface area (Å²) in [5.74, 6) is 0.0819. The van der Waals surface area contributed by atoms with Crippen molar-refractivity contribution in [1.82, 2.24) is 14.5 Å². The van der Waals surface area contributed by atoms with E-state index in [1.807, 2.05) is 0 Å². The second-order valence-electron chi connectivity index (χ2n) is 8.32. The topological polar surface area (TPSA) is 65.5 Å². The summed E-state index contributed by atoms with van der Waals surface area (Å²) >= 11 is 0. The van der Waals surface area contributed by atoms with Gasteiger partial charge in [-0.3, -0.25) is 4.90 Å². The van der Waals surface area contributed by atoms with Gasteiger partial charge in [0.05, 0.1) is 30.6 Å². The van der Waals surface area contributed by atoms with E-state index < -0.39 is 23.8 Å². The zero-order valence-corrected chi connectivity index (χ0v) is 16.5. The molecule has 0 unspecified atom stereocenters. The van der Waals surface area contributed by atoms with Gasteiger partial charge in [0, 0.05) is 37.3 Å². The number of ether oxygens (including phenoxy) is 2. The highest BCUT2D eigenvalue weighted by atomic mass is 19.1. The number of hydrogen-bond donors (Lipinski definition) is 1. The second-order valence-corrected chi connectivity index (χ2v) is 8.32. The molecule has 6 nitrogen and oxygen atoms in total. The molecule has 2 aromatic rings. The van der Waals surface area contributed by atoms with Crippen LogP contribution in [-0.2, 0) is 22.6 Å². The lowest BCUT2D eigenvalue weighted by atomic mass is 9.93. The van der Waals surface area contributed by atoms with Crippen LogP contribution in [0.3, 0.4) is 0 Å². The van der Waals surface area contributed by atoms with Crippen LogP contribution in [-0.4, -0.2) is 46.4 Å². The first-order valence-corrected chi connectivity index (χ1v) is 10.2. The minimum atomic E-state index is -0.628. The number of rotatable bonds is 3. The van der Waals surface area contributed by atoms with Gasteiger partial charge in [0.1, 0.15) is 23.6 Å². The molecule has 0 radical (unpaired) electrons. The first-order valence-electron chi connectivity index (χ1n) is 10.2. The summed E-state index contributed by atoms with van der Waals surface area (Å²) in [6.07, 6.45) is 1.05. The Hall–Kier alpha value is -1.87. The van der Waals surface area contributed by atoms with Crippen molar-refractivity contribution >= 4 is 0 Å². The molecule has 3 aliphatic heterocycles. The Balaban J connectivity index is 1.29. The van der Waals surface area contributed by atoms with Crippen LogP contribution in [0.5, 0.6) is 0 Å². The normalized spacial score (nSPS) is 30.1. The Morgan fingerprint density at radius 1 is 1.17 bits per heavy atom. The van der Waals surface area contributed by atoms with E-state index in [0.717, 1.165) is 56.4 Å². The average molecular weight is 404 g/mol. The monoisotopic (exact) mass is 404 g/mol. The quantitative estimate of drug-likeness (QED) is 0.852. The summed E-state index contributed by atoms with van der Waals surface area (Å²) < 4.78 is 41.6. The van der Waals surface area contributed by atoms with E-state index in [0.29, 0.717) is 19.1 Å². The van der Waals surface area contributed by atoms with Crippen LogP contribution in [0.4, 0.5) is 8.78 Å². The molecule has 1 aromatic carbocycles. The summed E-state index contributed by atoms with van der Waals surface area (Å²) in [7, 11) is 0. The van der Waals surface area contributed by atoms with Crippen LogP contribution in [0.25, 0.3) is 0 Å². The molecule has 5 rings (SSSR count). The van der Waals surface area contributed by atoms with Gasteiger partial charge in [-0.25, -0.2) is 13.8 Å². The highest BCUT2D eigenvalue weighted by Crippen LogP contribution is 2.36. The van der Waals surface area contributed by atoms with E-state index in [1.54, 1.807) is 0 Å². The fourth-order valence-corrected chi connectivity index (χ4v) is 5.00. The molecule has 2 saturated heterocycles. The molecule has 3 aliphatic rings. The molecule has 0 amide bonds. The summed E-state index contributed by atoms with van der Waals surface area (Å²) in [5.41, 5.74) is 8.91. The van der Waals surface area contributed by atoms with Crippen molar-refractivity contribution in [3.8, 4) is 0 Å². The number of aryl methyl sites for hydroxylation is 1. The Morgan fingerprint density at radius 3 is 2.79 bits per heavy atom. The molecular weight excluding hydrogens is 378 g/mol. The molecule has 4 heterocycles. The molecule has 2 fully saturated rings. The van der Waals surface area contributed by atoms with Crippen molar-refractivity contribution in [1.29, 1.82) is 0 Å². The van der Waals surface area contributed by atoms with Crippen LogP contribution in [0.1, 0.15) is 47.8 Å². The van der Waals surface area contributed by atoms with E-state index in [2.05, 4.69) is 16.4 Å². The summed E-state index contributed by atoms with van der Waals surface area (Å²) in [6, 6.07) is 3.51. The third-order valence-electron chi connectivity index (χ3n) is 6.43. The molecule has 0 bridgehead atoms. The van der Waals surface area contributed by atoms with Gasteiger partial charge in [-0.1, -0.05) is 0 Å². The Labute approximate surface area is 168 Å². The maximum absolute atomic E-state index is 14.2. The van der Waals surface area contributed by atoms with Gasteiger partial charge in [-0.2, -0.15) is 0 Å². The number of aromatic nitrogens is 2. The van der Waals surface area contributed by atoms with Gasteiger partial charge in [-0.05, 0) is 38.0 Å². The van der Waals surface area contributed by atoms with Gasteiger partial charge < -0.3 is 19.8 Å². The minimum Gasteiger partial charge on any atom is -0.379 e. The van der Waals surface area contributed by atoms with E-state index in [4.69, 9.17) is 20.2 Å². The van der Waals surface area contributed by atoms with E-state index in [1.165, 1.54) is 11.8 Å². The van der Waals surface area contributed by atoms with Crippen LogP contribution < -0.4 is 5.73 Å². The number of nitrogens with two attached hydrogens (primary N) is 1. The third kappa shape index (κ3) is 3.38. The molecule has 0 aliphatic carbocycles. The first-order chi connectivity index (χ1) is 14.0. The lowest BCUT2D eigenvalue weighted by Crippen LogP contribution is -2.48. The van der Waals surface area contributed by atoms with Gasteiger partial charge in [0.2, 0.25) is 0 Å². The molecule has 2 N–H and O–H groups in total. The molecule has 156 valence electrons. The van der Waals surface area contributed by atoms with Gasteiger partial charge in [-0.15, -0.1) is 0 Å². The lowest BCUT2D eigenvalue weighted by molar-refractivity contribution is -0.0535. The molecule has 4 atom stereocenters. The number of halogens is 2. The molecule has 1 aromatic heterocycles.